The number of anilines is 3. The zero-order valence-electron chi connectivity index (χ0n) is 30.9. The summed E-state index contributed by atoms with van der Waals surface area (Å²) in [5.41, 5.74) is 3.91. The van der Waals surface area contributed by atoms with E-state index in [0.29, 0.717) is 45.6 Å². The lowest BCUT2D eigenvalue weighted by atomic mass is 10.0. The van der Waals surface area contributed by atoms with Gasteiger partial charge in [-0.25, -0.2) is 0 Å². The molecule has 0 atom stereocenters. The van der Waals surface area contributed by atoms with Crippen molar-refractivity contribution in [2.75, 3.05) is 16.0 Å². The number of nitrogens with one attached hydrogen (secondary N) is 3. The van der Waals surface area contributed by atoms with Crippen LogP contribution in [0.1, 0.15) is 60.3 Å². The van der Waals surface area contributed by atoms with Crippen molar-refractivity contribution in [2.45, 2.75) is 30.1 Å². The van der Waals surface area contributed by atoms with Gasteiger partial charge in [-0.1, -0.05) is 61.5 Å². The van der Waals surface area contributed by atoms with Gasteiger partial charge in [-0.2, -0.15) is 16.8 Å². The highest BCUT2D eigenvalue weighted by molar-refractivity contribution is 7.86. The molecular weight excluding hydrogens is 783 g/mol. The Balaban J connectivity index is 1.11. The van der Waals surface area contributed by atoms with E-state index in [2.05, 4.69) is 16.0 Å². The molecule has 5 N–H and O–H groups in total. The van der Waals surface area contributed by atoms with Crippen LogP contribution in [-0.4, -0.2) is 49.4 Å². The zero-order chi connectivity index (χ0) is 41.8. The van der Waals surface area contributed by atoms with Crippen LogP contribution in [0.15, 0.2) is 143 Å². The van der Waals surface area contributed by atoms with Crippen molar-refractivity contribution in [1.82, 2.24) is 0 Å². The minimum Gasteiger partial charge on any atom is -0.322 e. The van der Waals surface area contributed by atoms with Crippen LogP contribution >= 0.6 is 0 Å². The molecule has 0 aliphatic rings. The van der Waals surface area contributed by atoms with Gasteiger partial charge in [-0.15, -0.1) is 0 Å². The Morgan fingerprint density at radius 3 is 1.38 bits per heavy atom. The first-order valence-corrected chi connectivity index (χ1v) is 20.5. The number of rotatable bonds is 12. The van der Waals surface area contributed by atoms with E-state index in [1.54, 1.807) is 92.7 Å². The maximum atomic E-state index is 13.1. The van der Waals surface area contributed by atoms with Crippen molar-refractivity contribution < 1.29 is 45.1 Å². The molecule has 0 bridgehead atoms. The molecule has 294 valence electrons. The Morgan fingerprint density at radius 1 is 0.483 bits per heavy atom. The summed E-state index contributed by atoms with van der Waals surface area (Å²) < 4.78 is 68.6. The highest BCUT2D eigenvalue weighted by Crippen LogP contribution is 2.32. The third kappa shape index (κ3) is 9.59. The number of carbonyl (C=O) groups is 4. The standard InChI is InChI=1S/C43H35N3O10S2/c1-3-38(47)31-5-4-6-32(24-31)43(50)45-34-18-14-28(15-19-34)37-22-20-35(25-40(37)58(54,55)56)46-42(49)30-10-8-29(9-11-30)41(48)44-33-16-12-27(13-17-33)36-21-7-26(2)23-39(36)57(51,52)53/h4-25H,3H2,1-2H3,(H,44,48)(H,45,50)(H,46,49)(H,51,52,53)(H,54,55,56). The molecule has 0 aliphatic carbocycles. The predicted molar refractivity (Wildman–Crippen MR) is 219 cm³/mol. The summed E-state index contributed by atoms with van der Waals surface area (Å²) in [6.45, 7) is 3.43. The second kappa shape index (κ2) is 16.8. The Kier molecular flexibility index (Phi) is 11.8. The SMILES string of the molecule is CCC(=O)c1cccc(C(=O)Nc2ccc(-c3ccc(NC(=O)c4ccc(C(=O)Nc5ccc(-c6ccc(C)cc6S(=O)(=O)O)cc5)cc4)cc3S(=O)(=O)O)cc2)c1. The molecule has 0 saturated heterocycles. The van der Waals surface area contributed by atoms with E-state index in [4.69, 9.17) is 0 Å². The molecule has 13 nitrogen and oxygen atoms in total. The van der Waals surface area contributed by atoms with Gasteiger partial charge >= 0.3 is 0 Å². The van der Waals surface area contributed by atoms with Crippen molar-refractivity contribution in [1.29, 1.82) is 0 Å². The second-order valence-corrected chi connectivity index (χ2v) is 15.9. The highest BCUT2D eigenvalue weighted by atomic mass is 32.2. The highest BCUT2D eigenvalue weighted by Gasteiger charge is 2.20. The van der Waals surface area contributed by atoms with Crippen LogP contribution in [0.25, 0.3) is 22.3 Å². The largest absolute Gasteiger partial charge is 0.322 e. The van der Waals surface area contributed by atoms with E-state index < -0.39 is 42.9 Å². The number of Topliss-reactive ketones (excluding diaryl/α,β-unsaturated/α-hetero) is 1. The first-order valence-electron chi connectivity index (χ1n) is 17.6. The smallest absolute Gasteiger partial charge is 0.295 e. The molecule has 15 heteroatoms. The van der Waals surface area contributed by atoms with Crippen molar-refractivity contribution in [3.8, 4) is 22.3 Å². The summed E-state index contributed by atoms with van der Waals surface area (Å²) >= 11 is 0. The first-order chi connectivity index (χ1) is 27.5. The topological polar surface area (TPSA) is 213 Å². The molecule has 6 aromatic carbocycles. The maximum Gasteiger partial charge on any atom is 0.295 e. The van der Waals surface area contributed by atoms with Crippen LogP contribution in [-0.2, 0) is 20.2 Å². The number of ketones is 1. The molecule has 0 aromatic heterocycles. The fourth-order valence-electron chi connectivity index (χ4n) is 6.02. The van der Waals surface area contributed by atoms with Crippen LogP contribution < -0.4 is 16.0 Å². The number of aryl methyl sites for hydroxylation is 1. The zero-order valence-corrected chi connectivity index (χ0v) is 32.5. The van der Waals surface area contributed by atoms with Gasteiger partial charge in [-0.3, -0.25) is 28.3 Å². The minimum absolute atomic E-state index is 0.0636. The number of amides is 3. The van der Waals surface area contributed by atoms with Gasteiger partial charge in [0.25, 0.3) is 38.0 Å². The first kappa shape index (κ1) is 40.9. The van der Waals surface area contributed by atoms with E-state index in [1.165, 1.54) is 48.5 Å². The van der Waals surface area contributed by atoms with Crippen LogP contribution in [0.3, 0.4) is 0 Å². The molecule has 0 fully saturated rings. The molecule has 0 spiro atoms. The summed E-state index contributed by atoms with van der Waals surface area (Å²) in [6.07, 6.45) is 0.298. The molecule has 6 aromatic rings. The molecule has 0 unspecified atom stereocenters. The van der Waals surface area contributed by atoms with E-state index in [9.17, 15) is 45.1 Å². The third-order valence-corrected chi connectivity index (χ3v) is 10.8. The van der Waals surface area contributed by atoms with Gasteiger partial charge in [-0.05, 0) is 102 Å². The monoisotopic (exact) mass is 817 g/mol. The Bertz CT molecular complexity index is 2800. The lowest BCUT2D eigenvalue weighted by Gasteiger charge is -2.13. The summed E-state index contributed by atoms with van der Waals surface area (Å²) in [4.78, 5) is 50.3. The maximum absolute atomic E-state index is 13.1. The van der Waals surface area contributed by atoms with Crippen LogP contribution in [0, 0.1) is 6.92 Å². The summed E-state index contributed by atoms with van der Waals surface area (Å²) in [5, 5.41) is 8.06. The van der Waals surface area contributed by atoms with Crippen LogP contribution in [0.4, 0.5) is 17.1 Å². The van der Waals surface area contributed by atoms with Gasteiger partial charge in [0.1, 0.15) is 9.79 Å². The molecule has 58 heavy (non-hydrogen) atoms. The average molecular weight is 818 g/mol. The fraction of sp³-hybridized carbons (Fsp3) is 0.0698. The Morgan fingerprint density at radius 2 is 0.897 bits per heavy atom. The minimum atomic E-state index is -4.78. The third-order valence-electron chi connectivity index (χ3n) is 9.02. The van der Waals surface area contributed by atoms with Crippen LogP contribution in [0.2, 0.25) is 0 Å². The number of benzene rings is 6. The molecule has 0 heterocycles. The Hall–Kier alpha value is -6.78. The molecule has 0 radical (unpaired) electrons. The van der Waals surface area contributed by atoms with Crippen molar-refractivity contribution in [2.24, 2.45) is 0 Å². The number of carbonyl (C=O) groups excluding carboxylic acids is 4. The van der Waals surface area contributed by atoms with Gasteiger partial charge in [0.2, 0.25) is 0 Å². The van der Waals surface area contributed by atoms with Crippen molar-refractivity contribution in [3.63, 3.8) is 0 Å². The molecule has 6 rings (SSSR count). The van der Waals surface area contributed by atoms with Crippen molar-refractivity contribution in [3.05, 3.63) is 161 Å². The van der Waals surface area contributed by atoms with Crippen molar-refractivity contribution >= 4 is 60.8 Å². The molecular formula is C43H35N3O10S2. The molecule has 0 aliphatic heterocycles. The lowest BCUT2D eigenvalue weighted by molar-refractivity contribution is 0.0985. The normalized spacial score (nSPS) is 11.4. The van der Waals surface area contributed by atoms with E-state index in [-0.39, 0.29) is 38.6 Å². The number of hydrogen-bond acceptors (Lipinski definition) is 8. The summed E-state index contributed by atoms with van der Waals surface area (Å²) in [5.74, 6) is -1.66. The molecule has 3 amide bonds. The van der Waals surface area contributed by atoms with Crippen LogP contribution in [0.5, 0.6) is 0 Å². The van der Waals surface area contributed by atoms with E-state index >= 15 is 0 Å². The Labute approximate surface area is 334 Å². The lowest BCUT2D eigenvalue weighted by Crippen LogP contribution is -2.15. The summed E-state index contributed by atoms with van der Waals surface area (Å²) in [6, 6.07) is 33.2. The average Bonchev–Trinajstić information content (AvgIpc) is 3.20. The second-order valence-electron chi connectivity index (χ2n) is 13.1. The molecule has 0 saturated carbocycles. The number of hydrogen-bond donors (Lipinski definition) is 5. The van der Waals surface area contributed by atoms with Gasteiger partial charge < -0.3 is 16.0 Å². The van der Waals surface area contributed by atoms with Gasteiger partial charge in [0, 0.05) is 56.9 Å². The van der Waals surface area contributed by atoms with E-state index in [0.717, 1.165) is 6.07 Å². The summed E-state index contributed by atoms with van der Waals surface area (Å²) in [7, 11) is -9.26. The van der Waals surface area contributed by atoms with Gasteiger partial charge in [0.05, 0.1) is 0 Å². The quantitative estimate of drug-likeness (QED) is 0.0590. The van der Waals surface area contributed by atoms with E-state index in [1.807, 2.05) is 0 Å². The fourth-order valence-corrected chi connectivity index (χ4v) is 7.56. The predicted octanol–water partition coefficient (Wildman–Crippen LogP) is 8.17. The van der Waals surface area contributed by atoms with Gasteiger partial charge in [0.15, 0.2) is 5.78 Å².